The van der Waals surface area contributed by atoms with Crippen molar-refractivity contribution < 1.29 is 41.8 Å². The Balaban J connectivity index is 5.03. The van der Waals surface area contributed by atoms with Gasteiger partial charge in [0.25, 0.3) is 0 Å². The average Bonchev–Trinajstić information content (AvgIpc) is 2.28. The van der Waals surface area contributed by atoms with Crippen molar-refractivity contribution in [3.8, 4) is 0 Å². The Labute approximate surface area is 112 Å². The third-order valence-electron chi connectivity index (χ3n) is 2.02. The fourth-order valence-electron chi connectivity index (χ4n) is 1.17. The van der Waals surface area contributed by atoms with Crippen LogP contribution in [0.25, 0.3) is 0 Å². The van der Waals surface area contributed by atoms with Crippen LogP contribution in [0.2, 0.25) is 0 Å². The molecule has 0 aliphatic carbocycles. The highest BCUT2D eigenvalue weighted by molar-refractivity contribution is 6.19. The molecule has 0 aromatic heterocycles. The van der Waals surface area contributed by atoms with Gasteiger partial charge in [-0.2, -0.15) is 13.2 Å². The maximum absolute atomic E-state index is 12.0. The summed E-state index contributed by atoms with van der Waals surface area (Å²) in [6.45, 7) is 2.39. The number of esters is 2. The summed E-state index contributed by atoms with van der Waals surface area (Å²) < 4.78 is 44.9. The third-order valence-corrected chi connectivity index (χ3v) is 2.02. The fourth-order valence-corrected chi connectivity index (χ4v) is 1.17. The normalized spacial score (nSPS) is 11.1. The van der Waals surface area contributed by atoms with Crippen molar-refractivity contribution >= 4 is 23.5 Å². The molecule has 0 aliphatic rings. The summed E-state index contributed by atoms with van der Waals surface area (Å²) in [5, 5.41) is 0. The van der Waals surface area contributed by atoms with Crippen LogP contribution in [-0.4, -0.2) is 42.9 Å². The van der Waals surface area contributed by atoms with Crippen LogP contribution in [-0.2, 0) is 28.7 Å². The van der Waals surface area contributed by atoms with E-state index >= 15 is 0 Å². The summed E-state index contributed by atoms with van der Waals surface area (Å²) in [7, 11) is 0. The molecule has 20 heavy (non-hydrogen) atoms. The summed E-state index contributed by atoms with van der Waals surface area (Å²) in [6, 6.07) is 0. The lowest BCUT2D eigenvalue weighted by Gasteiger charge is -2.13. The van der Waals surface area contributed by atoms with Gasteiger partial charge in [-0.15, -0.1) is 0 Å². The first-order valence-electron chi connectivity index (χ1n) is 5.61. The Hall–Kier alpha value is -1.93. The minimum absolute atomic E-state index is 0.185. The molecule has 114 valence electrons. The van der Waals surface area contributed by atoms with Gasteiger partial charge in [0.1, 0.15) is 0 Å². The number of halogens is 3. The highest BCUT2D eigenvalue weighted by Gasteiger charge is 2.44. The van der Waals surface area contributed by atoms with E-state index in [0.717, 1.165) is 0 Å². The molecule has 0 amide bonds. The van der Waals surface area contributed by atoms with Crippen LogP contribution in [0.3, 0.4) is 0 Å². The molecule has 0 aliphatic heterocycles. The zero-order valence-electron chi connectivity index (χ0n) is 10.8. The molecule has 9 heteroatoms. The van der Waals surface area contributed by atoms with Crippen molar-refractivity contribution in [2.45, 2.75) is 26.4 Å². The van der Waals surface area contributed by atoms with Gasteiger partial charge >= 0.3 is 18.1 Å². The first kappa shape index (κ1) is 18.1. The van der Waals surface area contributed by atoms with Gasteiger partial charge in [-0.05, 0) is 13.8 Å². The van der Waals surface area contributed by atoms with Crippen LogP contribution >= 0.6 is 0 Å². The van der Waals surface area contributed by atoms with Gasteiger partial charge in [0.2, 0.25) is 11.7 Å². The number of carbonyl (C=O) groups is 4. The van der Waals surface area contributed by atoms with E-state index in [1.54, 1.807) is 0 Å². The van der Waals surface area contributed by atoms with Gasteiger partial charge < -0.3 is 9.47 Å². The molecular formula is C11H13F3O6. The van der Waals surface area contributed by atoms with Crippen molar-refractivity contribution in [2.24, 2.45) is 5.92 Å². The van der Waals surface area contributed by atoms with Crippen LogP contribution in [0.1, 0.15) is 20.3 Å². The van der Waals surface area contributed by atoms with Gasteiger partial charge in [0.15, 0.2) is 5.78 Å². The number of hydrogen-bond donors (Lipinski definition) is 0. The first-order valence-corrected chi connectivity index (χ1v) is 5.61. The molecule has 0 unspecified atom stereocenters. The quantitative estimate of drug-likeness (QED) is 0.511. The first-order chi connectivity index (χ1) is 9.15. The fraction of sp³-hybridized carbons (Fsp3) is 0.636. The Morgan fingerprint density at radius 2 is 1.35 bits per heavy atom. The minimum atomic E-state index is -5.22. The Morgan fingerprint density at radius 3 is 1.65 bits per heavy atom. The van der Waals surface area contributed by atoms with E-state index in [1.807, 2.05) is 0 Å². The largest absolute Gasteiger partial charge is 0.465 e. The van der Waals surface area contributed by atoms with Gasteiger partial charge in [-0.3, -0.25) is 19.2 Å². The van der Waals surface area contributed by atoms with Gasteiger partial charge in [-0.1, -0.05) is 0 Å². The summed E-state index contributed by atoms with van der Waals surface area (Å²) in [5.41, 5.74) is 0. The number of ether oxygens (including phenoxy) is 2. The molecule has 0 radical (unpaired) electrons. The molecule has 0 aromatic carbocycles. The lowest BCUT2D eigenvalue weighted by molar-refractivity contribution is -0.173. The van der Waals surface area contributed by atoms with Crippen LogP contribution in [0, 0.1) is 5.92 Å². The number of rotatable bonds is 7. The molecule has 0 saturated heterocycles. The van der Waals surface area contributed by atoms with Crippen LogP contribution in [0.5, 0.6) is 0 Å². The second kappa shape index (κ2) is 7.61. The van der Waals surface area contributed by atoms with E-state index < -0.39 is 42.0 Å². The zero-order chi connectivity index (χ0) is 15.9. The number of carbonyl (C=O) groups excluding carboxylic acids is 4. The monoisotopic (exact) mass is 298 g/mol. The van der Waals surface area contributed by atoms with Gasteiger partial charge in [0, 0.05) is 0 Å². The van der Waals surface area contributed by atoms with Crippen molar-refractivity contribution in [1.29, 1.82) is 0 Å². The van der Waals surface area contributed by atoms with Crippen molar-refractivity contribution in [1.82, 2.24) is 0 Å². The summed E-state index contributed by atoms with van der Waals surface area (Å²) in [6.07, 6.45) is -6.84. The highest BCUT2D eigenvalue weighted by atomic mass is 19.4. The number of hydrogen-bond acceptors (Lipinski definition) is 6. The number of ketones is 2. The minimum Gasteiger partial charge on any atom is -0.465 e. The molecule has 0 spiro atoms. The molecule has 0 saturated carbocycles. The molecule has 0 bridgehead atoms. The SMILES string of the molecule is CCOC(=O)C(C(=O)CC(=O)C(F)(F)F)C(=O)OCC. The van der Waals surface area contributed by atoms with Crippen LogP contribution in [0.4, 0.5) is 13.2 Å². The Kier molecular flexibility index (Phi) is 6.87. The predicted molar refractivity (Wildman–Crippen MR) is 57.4 cm³/mol. The van der Waals surface area contributed by atoms with Crippen molar-refractivity contribution in [2.75, 3.05) is 13.2 Å². The predicted octanol–water partition coefficient (Wildman–Crippen LogP) is 0.819. The number of alkyl halides is 3. The Morgan fingerprint density at radius 1 is 0.950 bits per heavy atom. The number of Topliss-reactive ketones (excluding diaryl/α,β-unsaturated/α-hetero) is 2. The standard InChI is InChI=1S/C11H13F3O6/c1-3-19-9(17)8(10(18)20-4-2)6(15)5-7(16)11(12,13)14/h8H,3-5H2,1-2H3. The van der Waals surface area contributed by atoms with Crippen LogP contribution < -0.4 is 0 Å². The summed E-state index contributed by atoms with van der Waals surface area (Å²) >= 11 is 0. The summed E-state index contributed by atoms with van der Waals surface area (Å²) in [5.74, 6) is -8.72. The van der Waals surface area contributed by atoms with Gasteiger partial charge in [0.05, 0.1) is 19.6 Å². The molecular weight excluding hydrogens is 285 g/mol. The van der Waals surface area contributed by atoms with E-state index in [1.165, 1.54) is 13.8 Å². The second-order valence-corrected chi connectivity index (χ2v) is 3.50. The maximum Gasteiger partial charge on any atom is 0.450 e. The molecule has 0 N–H and O–H groups in total. The molecule has 0 fully saturated rings. The van der Waals surface area contributed by atoms with E-state index in [9.17, 15) is 32.3 Å². The van der Waals surface area contributed by atoms with E-state index in [4.69, 9.17) is 0 Å². The smallest absolute Gasteiger partial charge is 0.450 e. The lowest BCUT2D eigenvalue weighted by atomic mass is 10.00. The molecule has 0 atom stereocenters. The highest BCUT2D eigenvalue weighted by Crippen LogP contribution is 2.20. The summed E-state index contributed by atoms with van der Waals surface area (Å²) in [4.78, 5) is 45.0. The second-order valence-electron chi connectivity index (χ2n) is 3.50. The zero-order valence-corrected chi connectivity index (χ0v) is 10.8. The maximum atomic E-state index is 12.0. The van der Waals surface area contributed by atoms with Crippen LogP contribution in [0.15, 0.2) is 0 Å². The lowest BCUT2D eigenvalue weighted by Crippen LogP contribution is -2.37. The molecule has 6 nitrogen and oxygen atoms in total. The van der Waals surface area contributed by atoms with E-state index in [-0.39, 0.29) is 13.2 Å². The third kappa shape index (κ3) is 5.37. The Bertz CT molecular complexity index is 383. The van der Waals surface area contributed by atoms with E-state index in [2.05, 4.69) is 9.47 Å². The van der Waals surface area contributed by atoms with Crippen molar-refractivity contribution in [3.63, 3.8) is 0 Å². The van der Waals surface area contributed by atoms with Crippen molar-refractivity contribution in [3.05, 3.63) is 0 Å². The molecule has 0 rings (SSSR count). The molecule has 0 heterocycles. The topological polar surface area (TPSA) is 86.7 Å². The average molecular weight is 298 g/mol. The van der Waals surface area contributed by atoms with E-state index in [0.29, 0.717) is 0 Å². The van der Waals surface area contributed by atoms with Gasteiger partial charge in [-0.25, -0.2) is 0 Å². The molecule has 0 aromatic rings.